The van der Waals surface area contributed by atoms with Gasteiger partial charge in [-0.2, -0.15) is 0 Å². The number of aromatic nitrogens is 3. The van der Waals surface area contributed by atoms with E-state index in [0.717, 1.165) is 23.2 Å². The van der Waals surface area contributed by atoms with Gasteiger partial charge in [0.15, 0.2) is 5.82 Å². The standard InChI is InChI=1S/C13H19N5OS/c1-4-14-10-7-11(18-12(17-10)8-19-3)16-9(2)13-15-5-6-20-13/h5-7,9H,4,8H2,1-3H3,(H2,14,16,17,18). The van der Waals surface area contributed by atoms with E-state index in [1.807, 2.05) is 18.4 Å². The van der Waals surface area contributed by atoms with E-state index in [2.05, 4.69) is 32.5 Å². The molecule has 0 spiro atoms. The van der Waals surface area contributed by atoms with E-state index in [4.69, 9.17) is 4.74 Å². The van der Waals surface area contributed by atoms with Gasteiger partial charge in [0.2, 0.25) is 0 Å². The van der Waals surface area contributed by atoms with Gasteiger partial charge in [0.1, 0.15) is 23.3 Å². The number of nitrogens with one attached hydrogen (secondary N) is 2. The Morgan fingerprint density at radius 1 is 1.35 bits per heavy atom. The number of methoxy groups -OCH3 is 1. The number of thiazole rings is 1. The number of hydrogen-bond donors (Lipinski definition) is 2. The Labute approximate surface area is 122 Å². The maximum atomic E-state index is 5.10. The van der Waals surface area contributed by atoms with Crippen LogP contribution < -0.4 is 10.6 Å². The minimum absolute atomic E-state index is 0.106. The molecule has 0 aliphatic rings. The SMILES string of the molecule is CCNc1cc(NC(C)c2nccs2)nc(COC)n1. The molecule has 0 fully saturated rings. The Kier molecular flexibility index (Phi) is 5.25. The first-order chi connectivity index (χ1) is 9.72. The summed E-state index contributed by atoms with van der Waals surface area (Å²) in [5.74, 6) is 2.22. The van der Waals surface area contributed by atoms with Crippen molar-refractivity contribution in [1.29, 1.82) is 0 Å². The molecule has 0 aromatic carbocycles. The first-order valence-corrected chi connectivity index (χ1v) is 7.37. The number of hydrogen-bond acceptors (Lipinski definition) is 7. The van der Waals surface area contributed by atoms with E-state index < -0.39 is 0 Å². The third-order valence-electron chi connectivity index (χ3n) is 2.59. The van der Waals surface area contributed by atoms with E-state index in [1.54, 1.807) is 24.6 Å². The van der Waals surface area contributed by atoms with Crippen LogP contribution in [-0.4, -0.2) is 28.6 Å². The Morgan fingerprint density at radius 2 is 2.15 bits per heavy atom. The summed E-state index contributed by atoms with van der Waals surface area (Å²) in [5, 5.41) is 9.53. The fourth-order valence-corrected chi connectivity index (χ4v) is 2.41. The first-order valence-electron chi connectivity index (χ1n) is 6.49. The van der Waals surface area contributed by atoms with Crippen LogP contribution in [0.2, 0.25) is 0 Å². The fraction of sp³-hybridized carbons (Fsp3) is 0.462. The zero-order valence-corrected chi connectivity index (χ0v) is 12.7. The molecule has 2 N–H and O–H groups in total. The maximum Gasteiger partial charge on any atom is 0.158 e. The molecule has 0 aliphatic carbocycles. The Balaban J connectivity index is 2.16. The van der Waals surface area contributed by atoms with Gasteiger partial charge in [0, 0.05) is 31.3 Å². The lowest BCUT2D eigenvalue weighted by Gasteiger charge is -2.14. The minimum atomic E-state index is 0.106. The zero-order chi connectivity index (χ0) is 14.4. The minimum Gasteiger partial charge on any atom is -0.377 e. The highest BCUT2D eigenvalue weighted by Gasteiger charge is 2.10. The molecule has 2 rings (SSSR count). The summed E-state index contributed by atoms with van der Waals surface area (Å²) >= 11 is 1.62. The van der Waals surface area contributed by atoms with Gasteiger partial charge in [-0.05, 0) is 13.8 Å². The molecule has 0 amide bonds. The third kappa shape index (κ3) is 3.88. The molecule has 7 heteroatoms. The van der Waals surface area contributed by atoms with Gasteiger partial charge < -0.3 is 15.4 Å². The van der Waals surface area contributed by atoms with Crippen LogP contribution >= 0.6 is 11.3 Å². The van der Waals surface area contributed by atoms with Crippen molar-refractivity contribution in [3.8, 4) is 0 Å². The van der Waals surface area contributed by atoms with Gasteiger partial charge >= 0.3 is 0 Å². The van der Waals surface area contributed by atoms with Crippen LogP contribution in [0.3, 0.4) is 0 Å². The number of rotatable bonds is 7. The van der Waals surface area contributed by atoms with Crippen molar-refractivity contribution in [3.05, 3.63) is 28.5 Å². The van der Waals surface area contributed by atoms with E-state index in [1.165, 1.54) is 0 Å². The monoisotopic (exact) mass is 293 g/mol. The summed E-state index contributed by atoms with van der Waals surface area (Å²) in [4.78, 5) is 13.1. The van der Waals surface area contributed by atoms with Gasteiger partial charge in [-0.1, -0.05) is 0 Å². The zero-order valence-electron chi connectivity index (χ0n) is 11.9. The predicted molar refractivity (Wildman–Crippen MR) is 81.1 cm³/mol. The highest BCUT2D eigenvalue weighted by Crippen LogP contribution is 2.21. The van der Waals surface area contributed by atoms with Crippen molar-refractivity contribution >= 4 is 23.0 Å². The van der Waals surface area contributed by atoms with Crippen LogP contribution in [0.25, 0.3) is 0 Å². The van der Waals surface area contributed by atoms with Crippen LogP contribution in [0.1, 0.15) is 30.7 Å². The van der Waals surface area contributed by atoms with Gasteiger partial charge in [0.05, 0.1) is 6.04 Å². The van der Waals surface area contributed by atoms with Crippen molar-refractivity contribution in [2.75, 3.05) is 24.3 Å². The smallest absolute Gasteiger partial charge is 0.158 e. The highest BCUT2D eigenvalue weighted by atomic mass is 32.1. The molecule has 0 aliphatic heterocycles. The molecule has 0 saturated carbocycles. The molecule has 20 heavy (non-hydrogen) atoms. The first kappa shape index (κ1) is 14.7. The Bertz CT molecular complexity index is 507. The summed E-state index contributed by atoms with van der Waals surface area (Å²) in [6.07, 6.45) is 1.80. The van der Waals surface area contributed by atoms with Gasteiger partial charge in [-0.25, -0.2) is 15.0 Å². The Morgan fingerprint density at radius 3 is 2.80 bits per heavy atom. The lowest BCUT2D eigenvalue weighted by Crippen LogP contribution is -2.11. The molecule has 1 atom stereocenters. The number of nitrogens with zero attached hydrogens (tertiary/aromatic N) is 3. The molecule has 0 saturated heterocycles. The second kappa shape index (κ2) is 7.16. The maximum absolute atomic E-state index is 5.10. The molecular formula is C13H19N5OS. The van der Waals surface area contributed by atoms with E-state index >= 15 is 0 Å². The Hall–Kier alpha value is -1.73. The topological polar surface area (TPSA) is 72.0 Å². The van der Waals surface area contributed by atoms with Gasteiger partial charge in [0.25, 0.3) is 0 Å². The molecule has 0 radical (unpaired) electrons. The van der Waals surface area contributed by atoms with Crippen molar-refractivity contribution in [1.82, 2.24) is 15.0 Å². The average molecular weight is 293 g/mol. The van der Waals surface area contributed by atoms with E-state index in [0.29, 0.717) is 12.4 Å². The summed E-state index contributed by atoms with van der Waals surface area (Å²) in [7, 11) is 1.63. The quantitative estimate of drug-likeness (QED) is 0.818. The summed E-state index contributed by atoms with van der Waals surface area (Å²) in [6, 6.07) is 2.00. The molecule has 1 unspecified atom stereocenters. The normalized spacial score (nSPS) is 12.2. The molecule has 2 aromatic heterocycles. The summed E-state index contributed by atoms with van der Waals surface area (Å²) < 4.78 is 5.10. The van der Waals surface area contributed by atoms with Crippen LogP contribution in [0.5, 0.6) is 0 Å². The molecule has 0 bridgehead atoms. The second-order valence-electron chi connectivity index (χ2n) is 4.25. The molecule has 2 heterocycles. The second-order valence-corrected chi connectivity index (χ2v) is 5.18. The fourth-order valence-electron chi connectivity index (χ4n) is 1.77. The largest absolute Gasteiger partial charge is 0.377 e. The van der Waals surface area contributed by atoms with Crippen molar-refractivity contribution in [2.24, 2.45) is 0 Å². The van der Waals surface area contributed by atoms with Crippen LogP contribution in [0, 0.1) is 0 Å². The molecular weight excluding hydrogens is 274 g/mol. The van der Waals surface area contributed by atoms with E-state index in [9.17, 15) is 0 Å². The molecule has 2 aromatic rings. The average Bonchev–Trinajstić information content (AvgIpc) is 2.93. The van der Waals surface area contributed by atoms with Gasteiger partial charge in [-0.15, -0.1) is 11.3 Å². The highest BCUT2D eigenvalue weighted by molar-refractivity contribution is 7.09. The van der Waals surface area contributed by atoms with Crippen molar-refractivity contribution in [2.45, 2.75) is 26.5 Å². The van der Waals surface area contributed by atoms with Crippen LogP contribution in [0.15, 0.2) is 17.6 Å². The number of ether oxygens (including phenoxy) is 1. The lowest BCUT2D eigenvalue weighted by atomic mass is 10.3. The lowest BCUT2D eigenvalue weighted by molar-refractivity contribution is 0.178. The predicted octanol–water partition coefficient (Wildman–Crippen LogP) is 2.68. The number of anilines is 2. The van der Waals surface area contributed by atoms with Crippen LogP contribution in [0.4, 0.5) is 11.6 Å². The van der Waals surface area contributed by atoms with Crippen molar-refractivity contribution in [3.63, 3.8) is 0 Å². The van der Waals surface area contributed by atoms with E-state index in [-0.39, 0.29) is 6.04 Å². The molecule has 6 nitrogen and oxygen atoms in total. The van der Waals surface area contributed by atoms with Gasteiger partial charge in [-0.3, -0.25) is 0 Å². The third-order valence-corrected chi connectivity index (χ3v) is 3.55. The summed E-state index contributed by atoms with van der Waals surface area (Å²) in [5.41, 5.74) is 0. The van der Waals surface area contributed by atoms with Crippen molar-refractivity contribution < 1.29 is 4.74 Å². The summed E-state index contributed by atoms with van der Waals surface area (Å²) in [6.45, 7) is 5.29. The van der Waals surface area contributed by atoms with Crippen LogP contribution in [-0.2, 0) is 11.3 Å². The molecule has 108 valence electrons.